The summed E-state index contributed by atoms with van der Waals surface area (Å²) in [6.45, 7) is 3.16. The van der Waals surface area contributed by atoms with E-state index in [1.165, 1.54) is 5.48 Å². The summed E-state index contributed by atoms with van der Waals surface area (Å²) in [5.74, 6) is 4.67. The number of hydroxylamine groups is 1. The van der Waals surface area contributed by atoms with Crippen LogP contribution in [0.15, 0.2) is 47.9 Å². The average molecular weight is 383 g/mol. The van der Waals surface area contributed by atoms with Gasteiger partial charge in [-0.05, 0) is 61.7 Å². The highest BCUT2D eigenvalue weighted by atomic mass is 32.1. The fourth-order valence-electron chi connectivity index (χ4n) is 2.21. The van der Waals surface area contributed by atoms with E-state index in [4.69, 9.17) is 10.9 Å². The molecule has 5 N–H and O–H groups in total. The van der Waals surface area contributed by atoms with E-state index in [0.29, 0.717) is 5.56 Å². The van der Waals surface area contributed by atoms with E-state index >= 15 is 0 Å². The van der Waals surface area contributed by atoms with Gasteiger partial charge in [-0.2, -0.15) is 0 Å². The van der Waals surface area contributed by atoms with Gasteiger partial charge < -0.3 is 11.1 Å². The van der Waals surface area contributed by atoms with E-state index in [1.807, 2.05) is 23.6 Å². The average Bonchev–Trinajstić information content (AvgIpc) is 3.15. The van der Waals surface area contributed by atoms with Crippen LogP contribution in [-0.4, -0.2) is 28.6 Å². The van der Waals surface area contributed by atoms with Crippen molar-refractivity contribution in [3.63, 3.8) is 0 Å². The molecule has 27 heavy (non-hydrogen) atoms. The number of rotatable bonds is 5. The second kappa shape index (κ2) is 9.14. The number of benzene rings is 1. The van der Waals surface area contributed by atoms with E-state index in [1.54, 1.807) is 55.5 Å². The zero-order valence-electron chi connectivity index (χ0n) is 15.0. The highest BCUT2D eigenvalue weighted by molar-refractivity contribution is 7.10. The van der Waals surface area contributed by atoms with Crippen molar-refractivity contribution in [1.29, 1.82) is 0 Å². The quantitative estimate of drug-likeness (QED) is 0.361. The molecule has 0 aliphatic heterocycles. The summed E-state index contributed by atoms with van der Waals surface area (Å²) in [6, 6.07) is 9.55. The number of hydrogen-bond acceptors (Lipinski definition) is 5. The molecule has 1 aromatic carbocycles. The highest BCUT2D eigenvalue weighted by Gasteiger charge is 2.33. The summed E-state index contributed by atoms with van der Waals surface area (Å²) in [4.78, 5) is 25.2. The molecule has 2 aromatic rings. The molecule has 0 unspecified atom stereocenters. The monoisotopic (exact) mass is 383 g/mol. The van der Waals surface area contributed by atoms with Crippen LogP contribution in [0.2, 0.25) is 0 Å². The van der Waals surface area contributed by atoms with Crippen LogP contribution in [0.25, 0.3) is 6.08 Å². The van der Waals surface area contributed by atoms with Gasteiger partial charge in [-0.25, -0.2) is 5.48 Å². The Bertz CT molecular complexity index is 870. The summed E-state index contributed by atoms with van der Waals surface area (Å²) in [6.07, 6.45) is 3.70. The molecule has 0 bridgehead atoms. The Morgan fingerprint density at radius 1 is 1.26 bits per heavy atom. The smallest absolute Gasteiger partial charge is 0.267 e. The minimum absolute atomic E-state index is 0.356. The minimum Gasteiger partial charge on any atom is -0.338 e. The Morgan fingerprint density at radius 2 is 1.96 bits per heavy atom. The first-order chi connectivity index (χ1) is 12.8. The first-order valence-corrected chi connectivity index (χ1v) is 9.04. The number of amides is 2. The van der Waals surface area contributed by atoms with Crippen molar-refractivity contribution in [2.45, 2.75) is 25.4 Å². The van der Waals surface area contributed by atoms with Gasteiger partial charge in [0.2, 0.25) is 0 Å². The van der Waals surface area contributed by atoms with Crippen LogP contribution >= 0.6 is 11.3 Å². The Morgan fingerprint density at radius 3 is 2.52 bits per heavy atom. The van der Waals surface area contributed by atoms with Crippen LogP contribution in [0.5, 0.6) is 0 Å². The lowest BCUT2D eigenvalue weighted by Crippen LogP contribution is -2.61. The minimum atomic E-state index is -1.09. The fourth-order valence-corrected chi connectivity index (χ4v) is 2.83. The van der Waals surface area contributed by atoms with Gasteiger partial charge in [0.25, 0.3) is 11.8 Å². The van der Waals surface area contributed by atoms with Crippen molar-refractivity contribution in [2.24, 2.45) is 5.73 Å². The van der Waals surface area contributed by atoms with Crippen molar-refractivity contribution in [1.82, 2.24) is 10.8 Å². The summed E-state index contributed by atoms with van der Waals surface area (Å²) in [5, 5.41) is 13.4. The number of hydrogen-bond donors (Lipinski definition) is 4. The van der Waals surface area contributed by atoms with E-state index in [2.05, 4.69) is 17.2 Å². The normalized spacial score (nSPS) is 12.1. The summed E-state index contributed by atoms with van der Waals surface area (Å²) in [7, 11) is 0. The molecule has 1 aromatic heterocycles. The van der Waals surface area contributed by atoms with Crippen molar-refractivity contribution < 1.29 is 14.8 Å². The number of nitrogens with two attached hydrogens (primary N) is 1. The van der Waals surface area contributed by atoms with Crippen LogP contribution < -0.4 is 16.5 Å². The lowest BCUT2D eigenvalue weighted by molar-refractivity contribution is -0.132. The zero-order valence-corrected chi connectivity index (χ0v) is 15.8. The maximum atomic E-state index is 12.4. The molecule has 2 amide bonds. The van der Waals surface area contributed by atoms with Crippen LogP contribution in [0.3, 0.4) is 0 Å². The standard InChI is InChI=1S/C20H21N3O3S/c1-20(2,21)17(19(25)23-26)22-18(24)15-11-9-14(10-12-15)6-3-4-7-16-8-5-13-27-16/h4-5,7-13,17,26H,21H2,1-2H3,(H,22,24)(H,23,25)/b7-4+/t17-/m1/s1. The van der Waals surface area contributed by atoms with E-state index < -0.39 is 23.4 Å². The molecule has 0 fully saturated rings. The van der Waals surface area contributed by atoms with E-state index in [0.717, 1.165) is 10.4 Å². The molecule has 6 nitrogen and oxygen atoms in total. The summed E-state index contributed by atoms with van der Waals surface area (Å²) in [5.41, 5.74) is 7.48. The van der Waals surface area contributed by atoms with E-state index in [-0.39, 0.29) is 0 Å². The molecule has 0 radical (unpaired) electrons. The van der Waals surface area contributed by atoms with Crippen molar-refractivity contribution in [3.05, 3.63) is 63.9 Å². The summed E-state index contributed by atoms with van der Waals surface area (Å²) >= 11 is 1.63. The van der Waals surface area contributed by atoms with Gasteiger partial charge in [-0.1, -0.05) is 17.9 Å². The van der Waals surface area contributed by atoms with Crippen LogP contribution in [-0.2, 0) is 4.79 Å². The predicted molar refractivity (Wildman–Crippen MR) is 106 cm³/mol. The molecular weight excluding hydrogens is 362 g/mol. The topological polar surface area (TPSA) is 104 Å². The van der Waals surface area contributed by atoms with Crippen LogP contribution in [0.1, 0.15) is 34.6 Å². The second-order valence-electron chi connectivity index (χ2n) is 6.40. The number of thiophene rings is 1. The number of carbonyl (C=O) groups is 2. The SMILES string of the molecule is CC(C)(N)[C@H](NC(=O)c1ccc(C#C/C=C/c2cccs2)cc1)C(=O)NO. The Balaban J connectivity index is 2.03. The Hall–Kier alpha value is -2.92. The molecule has 2 rings (SSSR count). The Kier molecular flexibility index (Phi) is 6.91. The fraction of sp³-hybridized carbons (Fsp3) is 0.200. The van der Waals surface area contributed by atoms with Gasteiger partial charge in [0, 0.05) is 21.5 Å². The molecule has 1 heterocycles. The predicted octanol–water partition coefficient (Wildman–Crippen LogP) is 2.15. The lowest BCUT2D eigenvalue weighted by atomic mass is 9.95. The van der Waals surface area contributed by atoms with Gasteiger partial charge >= 0.3 is 0 Å². The number of allylic oxidation sites excluding steroid dienone is 1. The maximum Gasteiger partial charge on any atom is 0.267 e. The largest absolute Gasteiger partial charge is 0.338 e. The van der Waals surface area contributed by atoms with Crippen LogP contribution in [0.4, 0.5) is 0 Å². The van der Waals surface area contributed by atoms with Crippen molar-refractivity contribution in [3.8, 4) is 11.8 Å². The van der Waals surface area contributed by atoms with E-state index in [9.17, 15) is 9.59 Å². The Labute approximate surface area is 162 Å². The molecule has 0 saturated heterocycles. The third-order valence-corrected chi connectivity index (χ3v) is 4.47. The molecule has 140 valence electrons. The van der Waals surface area contributed by atoms with Gasteiger partial charge in [-0.15, -0.1) is 11.3 Å². The van der Waals surface area contributed by atoms with Crippen molar-refractivity contribution >= 4 is 29.2 Å². The van der Waals surface area contributed by atoms with Crippen LogP contribution in [0, 0.1) is 11.8 Å². The highest BCUT2D eigenvalue weighted by Crippen LogP contribution is 2.10. The lowest BCUT2D eigenvalue weighted by Gasteiger charge is -2.29. The van der Waals surface area contributed by atoms with Gasteiger partial charge in [0.05, 0.1) is 0 Å². The third-order valence-electron chi connectivity index (χ3n) is 3.63. The van der Waals surface area contributed by atoms with Gasteiger partial charge in [-0.3, -0.25) is 14.8 Å². The molecule has 0 aliphatic carbocycles. The van der Waals surface area contributed by atoms with Crippen molar-refractivity contribution in [2.75, 3.05) is 0 Å². The zero-order chi connectivity index (χ0) is 19.9. The molecule has 0 spiro atoms. The first kappa shape index (κ1) is 20.4. The second-order valence-corrected chi connectivity index (χ2v) is 7.38. The number of nitrogens with one attached hydrogen (secondary N) is 2. The van der Waals surface area contributed by atoms with Gasteiger partial charge in [0.1, 0.15) is 6.04 Å². The molecule has 0 saturated carbocycles. The number of carbonyl (C=O) groups excluding carboxylic acids is 2. The molecule has 0 aliphatic rings. The maximum absolute atomic E-state index is 12.4. The third kappa shape index (κ3) is 6.08. The molecule has 1 atom stereocenters. The molecule has 7 heteroatoms. The summed E-state index contributed by atoms with van der Waals surface area (Å²) < 4.78 is 0. The van der Waals surface area contributed by atoms with Gasteiger partial charge in [0.15, 0.2) is 0 Å². The molecular formula is C20H21N3O3S. The first-order valence-electron chi connectivity index (χ1n) is 8.16.